The van der Waals surface area contributed by atoms with Crippen molar-refractivity contribution in [3.05, 3.63) is 34.4 Å². The van der Waals surface area contributed by atoms with Crippen molar-refractivity contribution in [1.29, 1.82) is 0 Å². The van der Waals surface area contributed by atoms with E-state index in [1.807, 2.05) is 0 Å². The maximum Gasteiger partial charge on any atom is 0.303 e. The number of esters is 7. The minimum absolute atomic E-state index is 0.0236. The second-order valence-electron chi connectivity index (χ2n) is 11.5. The van der Waals surface area contributed by atoms with E-state index in [1.54, 1.807) is 0 Å². The Bertz CT molecular complexity index is 1530. The normalized spacial score (nSPS) is 27.9. The number of rotatable bonds is 14. The van der Waals surface area contributed by atoms with Gasteiger partial charge < -0.3 is 52.1 Å². The number of nitro benzene ring substituents is 1. The van der Waals surface area contributed by atoms with Gasteiger partial charge in [0.1, 0.15) is 37.3 Å². The largest absolute Gasteiger partial charge is 0.463 e. The smallest absolute Gasteiger partial charge is 0.303 e. The fourth-order valence-electron chi connectivity index (χ4n) is 5.35. The predicted octanol–water partition coefficient (Wildman–Crippen LogP) is 0.593. The van der Waals surface area contributed by atoms with E-state index in [2.05, 4.69) is 0 Å². The van der Waals surface area contributed by atoms with Crippen LogP contribution in [0.25, 0.3) is 0 Å². The average molecular weight is 758 g/mol. The van der Waals surface area contributed by atoms with Crippen LogP contribution < -0.4 is 4.74 Å². The SMILES string of the molecule is CC(=O)OC[C@H]1O[C@@H](O[C@H]2[C@H](OC(C)=O)[C@@H](OC(C)=O)[C@H](Oc3ccc([N+](=O)[O-])cc3)O[C@@H]2COC(C)=O)[C@H](OC(C)=O)[C@@H](OC(C)=O)[C@H]1OC(C)=O. The molecule has 10 atom stereocenters. The first-order valence-electron chi connectivity index (χ1n) is 15.9. The molecule has 21 heteroatoms. The molecule has 0 spiro atoms. The fourth-order valence-corrected chi connectivity index (χ4v) is 5.35. The lowest BCUT2D eigenvalue weighted by Crippen LogP contribution is -2.67. The van der Waals surface area contributed by atoms with E-state index < -0.39 is 121 Å². The molecule has 2 heterocycles. The monoisotopic (exact) mass is 757 g/mol. The molecule has 0 amide bonds. The van der Waals surface area contributed by atoms with Gasteiger partial charge in [-0.05, 0) is 12.1 Å². The molecule has 0 bridgehead atoms. The van der Waals surface area contributed by atoms with Gasteiger partial charge in [-0.25, -0.2) is 0 Å². The number of nitrogens with zero attached hydrogens (tertiary/aromatic N) is 1. The van der Waals surface area contributed by atoms with Crippen LogP contribution in [0.4, 0.5) is 5.69 Å². The third kappa shape index (κ3) is 12.4. The molecule has 1 aromatic carbocycles. The highest BCUT2D eigenvalue weighted by atomic mass is 16.8. The molecule has 0 N–H and O–H groups in total. The topological polar surface area (TPSA) is 264 Å². The van der Waals surface area contributed by atoms with Gasteiger partial charge in [-0.1, -0.05) is 0 Å². The number of hydrogen-bond donors (Lipinski definition) is 0. The molecular weight excluding hydrogens is 718 g/mol. The Balaban J connectivity index is 2.16. The minimum Gasteiger partial charge on any atom is -0.463 e. The van der Waals surface area contributed by atoms with Crippen LogP contribution in [-0.2, 0) is 80.9 Å². The van der Waals surface area contributed by atoms with Crippen molar-refractivity contribution in [2.75, 3.05) is 13.2 Å². The van der Waals surface area contributed by atoms with Gasteiger partial charge in [0, 0.05) is 60.6 Å². The number of benzene rings is 1. The van der Waals surface area contributed by atoms with E-state index >= 15 is 0 Å². The summed E-state index contributed by atoms with van der Waals surface area (Å²) in [5.74, 6) is -6.22. The molecule has 53 heavy (non-hydrogen) atoms. The van der Waals surface area contributed by atoms with Crippen LogP contribution in [0.3, 0.4) is 0 Å². The summed E-state index contributed by atoms with van der Waals surface area (Å²) in [4.78, 5) is 96.0. The molecule has 2 saturated heterocycles. The molecule has 2 aliphatic heterocycles. The zero-order valence-corrected chi connectivity index (χ0v) is 29.6. The Morgan fingerprint density at radius 1 is 0.547 bits per heavy atom. The molecular formula is C32H39NO20. The summed E-state index contributed by atoms with van der Waals surface area (Å²) in [7, 11) is 0. The quantitative estimate of drug-likeness (QED) is 0.109. The van der Waals surface area contributed by atoms with Gasteiger partial charge in [0.15, 0.2) is 30.7 Å². The zero-order chi connectivity index (χ0) is 39.6. The molecule has 3 rings (SSSR count). The number of carbonyl (C=O) groups is 7. The van der Waals surface area contributed by atoms with Gasteiger partial charge >= 0.3 is 41.8 Å². The third-order valence-electron chi connectivity index (χ3n) is 7.19. The molecule has 0 unspecified atom stereocenters. The van der Waals surface area contributed by atoms with Crippen LogP contribution >= 0.6 is 0 Å². The summed E-state index contributed by atoms with van der Waals surface area (Å²) in [5.41, 5.74) is -0.276. The first-order chi connectivity index (χ1) is 24.9. The van der Waals surface area contributed by atoms with Gasteiger partial charge in [-0.2, -0.15) is 0 Å². The predicted molar refractivity (Wildman–Crippen MR) is 167 cm³/mol. The molecule has 0 aromatic heterocycles. The molecule has 2 aliphatic rings. The first-order valence-corrected chi connectivity index (χ1v) is 15.9. The maximum atomic E-state index is 12.5. The summed E-state index contributed by atoms with van der Waals surface area (Å²) in [6.45, 7) is 6.00. The lowest BCUT2D eigenvalue weighted by molar-refractivity contribution is -0.384. The van der Waals surface area contributed by atoms with Gasteiger partial charge in [-0.15, -0.1) is 0 Å². The first kappa shape index (κ1) is 42.0. The number of ether oxygens (including phenoxy) is 11. The second kappa shape index (κ2) is 18.9. The highest BCUT2D eigenvalue weighted by Crippen LogP contribution is 2.36. The Labute approximate surface area is 301 Å². The van der Waals surface area contributed by atoms with E-state index in [0.717, 1.165) is 60.6 Å². The van der Waals surface area contributed by atoms with Crippen LogP contribution in [0.15, 0.2) is 24.3 Å². The molecule has 0 radical (unpaired) electrons. The van der Waals surface area contributed by atoms with E-state index in [0.29, 0.717) is 0 Å². The van der Waals surface area contributed by atoms with Crippen molar-refractivity contribution in [3.63, 3.8) is 0 Å². The summed E-state index contributed by atoms with van der Waals surface area (Å²) < 4.78 is 61.9. The Morgan fingerprint density at radius 2 is 0.925 bits per heavy atom. The number of carbonyl (C=O) groups excluding carboxylic acids is 7. The molecule has 0 saturated carbocycles. The third-order valence-corrected chi connectivity index (χ3v) is 7.19. The van der Waals surface area contributed by atoms with Crippen molar-refractivity contribution in [1.82, 2.24) is 0 Å². The van der Waals surface area contributed by atoms with Gasteiger partial charge in [-0.3, -0.25) is 43.7 Å². The summed E-state index contributed by atoms with van der Waals surface area (Å²) in [6, 6.07) is 4.67. The van der Waals surface area contributed by atoms with E-state index in [4.69, 9.17) is 52.1 Å². The standard InChI is InChI=1S/C32H39NO20/c1-14(34)43-12-23-25(45-16(3)36)27(46-17(4)37)30(49-20(7)40)32(52-23)53-26-24(13-44-15(2)35)51-31(29(48-19(6)39)28(26)47-18(5)38)50-22-10-8-21(9-11-22)33(41)42/h8-11,23-32H,12-13H2,1-7H3/t23-,24-,25+,26-,27+,28+,29-,30-,31-,32+/m1/s1. The minimum atomic E-state index is -1.85. The lowest BCUT2D eigenvalue weighted by Gasteiger charge is -2.48. The van der Waals surface area contributed by atoms with Crippen molar-refractivity contribution >= 4 is 47.5 Å². The Hall–Kier alpha value is -5.41. The number of hydrogen-bond acceptors (Lipinski definition) is 20. The van der Waals surface area contributed by atoms with Crippen molar-refractivity contribution in [2.45, 2.75) is 110 Å². The molecule has 292 valence electrons. The lowest BCUT2D eigenvalue weighted by atomic mass is 9.96. The number of non-ortho nitro benzene ring substituents is 1. The second-order valence-corrected chi connectivity index (χ2v) is 11.5. The van der Waals surface area contributed by atoms with Gasteiger partial charge in [0.2, 0.25) is 12.4 Å². The van der Waals surface area contributed by atoms with Crippen LogP contribution in [0.2, 0.25) is 0 Å². The van der Waals surface area contributed by atoms with Gasteiger partial charge in [0.25, 0.3) is 5.69 Å². The van der Waals surface area contributed by atoms with Crippen LogP contribution in [0, 0.1) is 10.1 Å². The van der Waals surface area contributed by atoms with Gasteiger partial charge in [0.05, 0.1) is 4.92 Å². The zero-order valence-electron chi connectivity index (χ0n) is 29.6. The summed E-state index contributed by atoms with van der Waals surface area (Å²) in [6.07, 6.45) is -16.4. The van der Waals surface area contributed by atoms with Crippen LogP contribution in [0.1, 0.15) is 48.5 Å². The van der Waals surface area contributed by atoms with Crippen molar-refractivity contribution in [2.24, 2.45) is 0 Å². The maximum absolute atomic E-state index is 12.5. The molecule has 0 aliphatic carbocycles. The molecule has 21 nitrogen and oxygen atoms in total. The molecule has 2 fully saturated rings. The van der Waals surface area contributed by atoms with E-state index in [-0.39, 0.29) is 11.4 Å². The van der Waals surface area contributed by atoms with E-state index in [1.165, 1.54) is 12.1 Å². The van der Waals surface area contributed by atoms with Crippen LogP contribution in [-0.4, -0.2) is 121 Å². The highest BCUT2D eigenvalue weighted by Gasteiger charge is 2.58. The summed E-state index contributed by atoms with van der Waals surface area (Å²) >= 11 is 0. The van der Waals surface area contributed by atoms with Crippen molar-refractivity contribution in [3.8, 4) is 5.75 Å². The van der Waals surface area contributed by atoms with Crippen molar-refractivity contribution < 1.29 is 90.6 Å². The highest BCUT2D eigenvalue weighted by molar-refractivity contribution is 5.69. The number of nitro groups is 1. The summed E-state index contributed by atoms with van der Waals surface area (Å²) in [5, 5.41) is 11.2. The Kier molecular flexibility index (Phi) is 15.0. The molecule has 1 aromatic rings. The Morgan fingerprint density at radius 3 is 1.36 bits per heavy atom. The van der Waals surface area contributed by atoms with E-state index in [9.17, 15) is 43.7 Å². The van der Waals surface area contributed by atoms with Crippen LogP contribution in [0.5, 0.6) is 5.75 Å². The average Bonchev–Trinajstić information content (AvgIpc) is 3.03. The fraction of sp³-hybridized carbons (Fsp3) is 0.594.